The number of carbonyl (C=O) groups excluding carboxylic acids is 3. The number of allylic oxidation sites excluding steroid dienone is 6. The lowest BCUT2D eigenvalue weighted by Gasteiger charge is -2.18. The lowest BCUT2D eigenvalue weighted by Crippen LogP contribution is -2.30. The van der Waals surface area contributed by atoms with Crippen LogP contribution in [0.2, 0.25) is 0 Å². The van der Waals surface area contributed by atoms with Gasteiger partial charge in [-0.2, -0.15) is 0 Å². The maximum absolute atomic E-state index is 12.9. The summed E-state index contributed by atoms with van der Waals surface area (Å²) in [5.41, 5.74) is 0. The van der Waals surface area contributed by atoms with E-state index in [-0.39, 0.29) is 31.1 Å². The molecule has 0 bridgehead atoms. The van der Waals surface area contributed by atoms with Gasteiger partial charge in [0.05, 0.1) is 0 Å². The molecular weight excluding hydrogens is 925 g/mol. The summed E-state index contributed by atoms with van der Waals surface area (Å²) in [4.78, 5) is 38.3. The van der Waals surface area contributed by atoms with Crippen LogP contribution in [-0.2, 0) is 28.6 Å². The fraction of sp³-hybridized carbons (Fsp3) is 0.870. The Morgan fingerprint density at radius 1 is 0.267 bits per heavy atom. The summed E-state index contributed by atoms with van der Waals surface area (Å²) in [6.07, 6.45) is 78.8. The van der Waals surface area contributed by atoms with Gasteiger partial charge in [0.1, 0.15) is 13.2 Å². The smallest absolute Gasteiger partial charge is 0.306 e. The summed E-state index contributed by atoms with van der Waals surface area (Å²) >= 11 is 0. The third-order valence-corrected chi connectivity index (χ3v) is 15.1. The van der Waals surface area contributed by atoms with Crippen molar-refractivity contribution in [2.45, 2.75) is 374 Å². The van der Waals surface area contributed by atoms with E-state index in [2.05, 4.69) is 57.2 Å². The molecule has 0 rings (SSSR count). The largest absolute Gasteiger partial charge is 0.462 e. The molecule has 0 aliphatic carbocycles. The van der Waals surface area contributed by atoms with Crippen LogP contribution in [0.5, 0.6) is 0 Å². The third-order valence-electron chi connectivity index (χ3n) is 15.1. The number of unbranched alkanes of at least 4 members (excludes halogenated alkanes) is 45. The van der Waals surface area contributed by atoms with Crippen LogP contribution in [0, 0.1) is 0 Å². The predicted octanol–water partition coefficient (Wildman–Crippen LogP) is 22.8. The van der Waals surface area contributed by atoms with Crippen molar-refractivity contribution in [2.24, 2.45) is 0 Å². The van der Waals surface area contributed by atoms with Crippen molar-refractivity contribution in [3.8, 4) is 0 Å². The topological polar surface area (TPSA) is 78.9 Å². The van der Waals surface area contributed by atoms with E-state index >= 15 is 0 Å². The van der Waals surface area contributed by atoms with Gasteiger partial charge in [-0.3, -0.25) is 14.4 Å². The van der Waals surface area contributed by atoms with E-state index in [1.54, 1.807) is 0 Å². The van der Waals surface area contributed by atoms with Gasteiger partial charge < -0.3 is 14.2 Å². The van der Waals surface area contributed by atoms with Crippen molar-refractivity contribution in [1.29, 1.82) is 0 Å². The molecular formula is C69H128O6. The van der Waals surface area contributed by atoms with E-state index in [1.807, 2.05) is 0 Å². The van der Waals surface area contributed by atoms with Crippen LogP contribution < -0.4 is 0 Å². The molecule has 1 atom stereocenters. The average molecular weight is 1050 g/mol. The van der Waals surface area contributed by atoms with Gasteiger partial charge in [-0.25, -0.2) is 0 Å². The number of carbonyl (C=O) groups is 3. The Hall–Kier alpha value is -2.37. The first-order valence-corrected chi connectivity index (χ1v) is 33.5. The van der Waals surface area contributed by atoms with Crippen molar-refractivity contribution >= 4 is 17.9 Å². The second kappa shape index (κ2) is 64.2. The number of hydrogen-bond acceptors (Lipinski definition) is 6. The normalized spacial score (nSPS) is 12.2. The van der Waals surface area contributed by atoms with E-state index in [4.69, 9.17) is 14.2 Å². The van der Waals surface area contributed by atoms with Crippen LogP contribution in [0.4, 0.5) is 0 Å². The molecule has 6 heteroatoms. The minimum Gasteiger partial charge on any atom is -0.462 e. The molecule has 0 heterocycles. The maximum atomic E-state index is 12.9. The number of esters is 3. The maximum Gasteiger partial charge on any atom is 0.306 e. The Morgan fingerprint density at radius 2 is 0.480 bits per heavy atom. The number of hydrogen-bond donors (Lipinski definition) is 0. The summed E-state index contributed by atoms with van der Waals surface area (Å²) in [5, 5.41) is 0. The predicted molar refractivity (Wildman–Crippen MR) is 326 cm³/mol. The standard InChI is InChI=1S/C69H128O6/c1-4-7-10-13-16-19-22-25-27-29-31-32-33-34-35-36-37-38-39-41-42-44-47-50-53-56-59-62-68(71)74-65-66(64-73-67(70)61-58-55-52-49-46-24-21-18-15-12-9-6-3)75-69(72)63-60-57-54-51-48-45-43-40-30-28-26-23-20-17-14-11-8-5-2/h22,25,28-31,66H,4-21,23-24,26-27,32-65H2,1-3H3/b25-22-,30-28-,31-29-. The van der Waals surface area contributed by atoms with E-state index in [9.17, 15) is 14.4 Å². The molecule has 0 amide bonds. The Kier molecular flexibility index (Phi) is 62.1. The van der Waals surface area contributed by atoms with Crippen LogP contribution in [0.1, 0.15) is 367 Å². The second-order valence-electron chi connectivity index (χ2n) is 22.7. The quantitative estimate of drug-likeness (QED) is 0.0261. The second-order valence-corrected chi connectivity index (χ2v) is 22.7. The molecule has 0 radical (unpaired) electrons. The van der Waals surface area contributed by atoms with Crippen molar-refractivity contribution in [1.82, 2.24) is 0 Å². The number of rotatable bonds is 62. The minimum absolute atomic E-state index is 0.0687. The van der Waals surface area contributed by atoms with Crippen LogP contribution >= 0.6 is 0 Å². The summed E-state index contributed by atoms with van der Waals surface area (Å²) in [5.74, 6) is -0.849. The molecule has 0 N–H and O–H groups in total. The lowest BCUT2D eigenvalue weighted by molar-refractivity contribution is -0.167. The Balaban J connectivity index is 4.20. The van der Waals surface area contributed by atoms with Gasteiger partial charge in [-0.1, -0.05) is 308 Å². The fourth-order valence-electron chi connectivity index (χ4n) is 10.1. The summed E-state index contributed by atoms with van der Waals surface area (Å²) in [6.45, 7) is 6.68. The molecule has 6 nitrogen and oxygen atoms in total. The molecule has 0 spiro atoms. The fourth-order valence-corrected chi connectivity index (χ4v) is 10.1. The molecule has 0 aromatic carbocycles. The molecule has 0 aromatic heterocycles. The summed E-state index contributed by atoms with van der Waals surface area (Å²) < 4.78 is 16.9. The molecule has 75 heavy (non-hydrogen) atoms. The van der Waals surface area contributed by atoms with Crippen LogP contribution in [0.25, 0.3) is 0 Å². The summed E-state index contributed by atoms with van der Waals surface area (Å²) in [6, 6.07) is 0. The highest BCUT2D eigenvalue weighted by Gasteiger charge is 2.19. The van der Waals surface area contributed by atoms with E-state index in [0.29, 0.717) is 19.3 Å². The average Bonchev–Trinajstić information content (AvgIpc) is 3.41. The van der Waals surface area contributed by atoms with Gasteiger partial charge in [0, 0.05) is 19.3 Å². The van der Waals surface area contributed by atoms with Crippen molar-refractivity contribution in [2.75, 3.05) is 13.2 Å². The Labute approximate surface area is 467 Å². The number of ether oxygens (including phenoxy) is 3. The van der Waals surface area contributed by atoms with Crippen LogP contribution in [-0.4, -0.2) is 37.2 Å². The van der Waals surface area contributed by atoms with Gasteiger partial charge in [0.25, 0.3) is 0 Å². The highest BCUT2D eigenvalue weighted by molar-refractivity contribution is 5.71. The van der Waals surface area contributed by atoms with Crippen molar-refractivity contribution in [3.05, 3.63) is 36.5 Å². The zero-order valence-electron chi connectivity index (χ0n) is 50.6. The molecule has 0 fully saturated rings. The zero-order valence-corrected chi connectivity index (χ0v) is 50.6. The zero-order chi connectivity index (χ0) is 54.3. The summed E-state index contributed by atoms with van der Waals surface area (Å²) in [7, 11) is 0. The molecule has 0 aliphatic rings. The van der Waals surface area contributed by atoms with Crippen molar-refractivity contribution in [3.63, 3.8) is 0 Å². The SMILES string of the molecule is CCCCCCC/C=C\C/C=C\CCCCCCCCCCCCCCCCCC(=O)OCC(COC(=O)CCCCCCCCCCCCCC)OC(=O)CCCCCCCCC/C=C\CCCCCCCCC. The molecule has 1 unspecified atom stereocenters. The van der Waals surface area contributed by atoms with E-state index in [1.165, 1.54) is 263 Å². The van der Waals surface area contributed by atoms with Crippen molar-refractivity contribution < 1.29 is 28.6 Å². The van der Waals surface area contributed by atoms with Crippen LogP contribution in [0.15, 0.2) is 36.5 Å². The highest BCUT2D eigenvalue weighted by Crippen LogP contribution is 2.18. The molecule has 0 saturated carbocycles. The monoisotopic (exact) mass is 1050 g/mol. The van der Waals surface area contributed by atoms with Gasteiger partial charge in [0.15, 0.2) is 6.10 Å². The van der Waals surface area contributed by atoms with Gasteiger partial charge in [-0.05, 0) is 77.0 Å². The van der Waals surface area contributed by atoms with Crippen LogP contribution in [0.3, 0.4) is 0 Å². The highest BCUT2D eigenvalue weighted by atomic mass is 16.6. The first kappa shape index (κ1) is 72.6. The Bertz CT molecular complexity index is 1250. The van der Waals surface area contributed by atoms with Gasteiger partial charge in [-0.15, -0.1) is 0 Å². The molecule has 440 valence electrons. The molecule has 0 saturated heterocycles. The minimum atomic E-state index is -0.771. The Morgan fingerprint density at radius 3 is 0.747 bits per heavy atom. The van der Waals surface area contributed by atoms with E-state index in [0.717, 1.165) is 64.2 Å². The molecule has 0 aliphatic heterocycles. The molecule has 0 aromatic rings. The van der Waals surface area contributed by atoms with E-state index < -0.39 is 6.10 Å². The third kappa shape index (κ3) is 62.4. The van der Waals surface area contributed by atoms with Gasteiger partial charge in [0.2, 0.25) is 0 Å². The first-order chi connectivity index (χ1) is 37.0. The first-order valence-electron chi connectivity index (χ1n) is 33.5. The lowest BCUT2D eigenvalue weighted by atomic mass is 10.0. The van der Waals surface area contributed by atoms with Gasteiger partial charge >= 0.3 is 17.9 Å².